The van der Waals surface area contributed by atoms with Crippen LogP contribution in [-0.4, -0.2) is 36.1 Å². The van der Waals surface area contributed by atoms with Gasteiger partial charge in [0.1, 0.15) is 6.04 Å². The van der Waals surface area contributed by atoms with Gasteiger partial charge >= 0.3 is 0 Å². The van der Waals surface area contributed by atoms with Crippen LogP contribution in [-0.2, 0) is 15.0 Å². The Morgan fingerprint density at radius 2 is 1.70 bits per heavy atom. The average Bonchev–Trinajstić information content (AvgIpc) is 3.23. The summed E-state index contributed by atoms with van der Waals surface area (Å²) in [5, 5.41) is 15.5. The Hall–Kier alpha value is -1.88. The van der Waals surface area contributed by atoms with E-state index in [2.05, 4.69) is 10.6 Å². The smallest absolute Gasteiger partial charge is 0.244 e. The highest BCUT2D eigenvalue weighted by Crippen LogP contribution is 2.41. The Balaban J connectivity index is 1.62. The molecule has 0 radical (unpaired) electrons. The van der Waals surface area contributed by atoms with Crippen LogP contribution >= 0.6 is 0 Å². The average molecular weight is 373 g/mol. The van der Waals surface area contributed by atoms with Crippen LogP contribution in [0.5, 0.6) is 0 Å². The molecule has 0 spiro atoms. The fraction of sp³-hybridized carbons (Fsp3) is 0.636. The molecule has 3 rings (SSSR count). The number of nitrogens with one attached hydrogen (secondary N) is 2. The van der Waals surface area contributed by atoms with E-state index in [-0.39, 0.29) is 18.4 Å². The highest BCUT2D eigenvalue weighted by atomic mass is 16.3. The van der Waals surface area contributed by atoms with Crippen LogP contribution in [0.4, 0.5) is 0 Å². The minimum Gasteiger partial charge on any atom is -0.394 e. The van der Waals surface area contributed by atoms with Crippen molar-refractivity contribution in [3.05, 3.63) is 35.9 Å². The molecule has 3 N–H and O–H groups in total. The van der Waals surface area contributed by atoms with Crippen molar-refractivity contribution in [3.63, 3.8) is 0 Å². The van der Waals surface area contributed by atoms with Gasteiger partial charge in [0.25, 0.3) is 0 Å². The number of carbonyl (C=O) groups excluding carboxylic acids is 2. The lowest BCUT2D eigenvalue weighted by Gasteiger charge is -2.30. The van der Waals surface area contributed by atoms with E-state index in [1.165, 1.54) is 19.3 Å². The molecule has 2 fully saturated rings. The van der Waals surface area contributed by atoms with Gasteiger partial charge in [-0.3, -0.25) is 9.59 Å². The summed E-state index contributed by atoms with van der Waals surface area (Å²) in [7, 11) is 0. The predicted molar refractivity (Wildman–Crippen MR) is 105 cm³/mol. The van der Waals surface area contributed by atoms with Crippen LogP contribution in [0.25, 0.3) is 0 Å². The number of hydrogen-bond donors (Lipinski definition) is 3. The Morgan fingerprint density at radius 1 is 1.04 bits per heavy atom. The molecule has 0 heterocycles. The fourth-order valence-corrected chi connectivity index (χ4v) is 4.63. The number of hydrogen-bond acceptors (Lipinski definition) is 3. The molecule has 1 aromatic carbocycles. The van der Waals surface area contributed by atoms with Gasteiger partial charge in [0, 0.05) is 6.54 Å². The highest BCUT2D eigenvalue weighted by molar-refractivity contribution is 5.93. The summed E-state index contributed by atoms with van der Waals surface area (Å²) in [4.78, 5) is 25.7. The number of rotatable bonds is 7. The molecule has 5 nitrogen and oxygen atoms in total. The van der Waals surface area contributed by atoms with Crippen molar-refractivity contribution in [2.24, 2.45) is 5.92 Å². The van der Waals surface area contributed by atoms with Crippen molar-refractivity contribution in [1.82, 2.24) is 10.6 Å². The SMILES string of the molecule is O=C(NCC1CCCCC1)[C@H](CO)NC(=O)C1(c2ccccc2)CCCC1. The van der Waals surface area contributed by atoms with E-state index >= 15 is 0 Å². The molecule has 0 bridgehead atoms. The van der Waals surface area contributed by atoms with E-state index in [1.807, 2.05) is 30.3 Å². The van der Waals surface area contributed by atoms with Gasteiger partial charge in [-0.25, -0.2) is 0 Å². The topological polar surface area (TPSA) is 78.4 Å². The monoisotopic (exact) mass is 372 g/mol. The molecular weight excluding hydrogens is 340 g/mol. The predicted octanol–water partition coefficient (Wildman–Crippen LogP) is 2.67. The zero-order chi connectivity index (χ0) is 19.1. The molecule has 27 heavy (non-hydrogen) atoms. The van der Waals surface area contributed by atoms with Gasteiger partial charge in [0.15, 0.2) is 0 Å². The number of carbonyl (C=O) groups is 2. The standard InChI is InChI=1S/C22H32N2O3/c25-16-19(20(26)23-15-17-9-3-1-4-10-17)24-21(27)22(13-7-8-14-22)18-11-5-2-6-12-18/h2,5-6,11-12,17,19,25H,1,3-4,7-10,13-16H2,(H,23,26)(H,24,27)/t19-/m0/s1. The van der Waals surface area contributed by atoms with Crippen molar-refractivity contribution in [2.45, 2.75) is 69.2 Å². The van der Waals surface area contributed by atoms with Crippen LogP contribution in [0.2, 0.25) is 0 Å². The third kappa shape index (κ3) is 4.70. The molecule has 0 saturated heterocycles. The zero-order valence-electron chi connectivity index (χ0n) is 16.1. The van der Waals surface area contributed by atoms with Crippen LogP contribution in [0.1, 0.15) is 63.4 Å². The first-order chi connectivity index (χ1) is 13.2. The summed E-state index contributed by atoms with van der Waals surface area (Å²) in [6.07, 6.45) is 9.58. The Labute approximate surface area is 161 Å². The van der Waals surface area contributed by atoms with Crippen molar-refractivity contribution in [1.29, 1.82) is 0 Å². The second kappa shape index (κ2) is 9.36. The fourth-order valence-electron chi connectivity index (χ4n) is 4.63. The Kier molecular flexibility index (Phi) is 6.89. The second-order valence-corrected chi connectivity index (χ2v) is 8.11. The van der Waals surface area contributed by atoms with E-state index in [9.17, 15) is 14.7 Å². The van der Waals surface area contributed by atoms with Crippen molar-refractivity contribution >= 4 is 11.8 Å². The van der Waals surface area contributed by atoms with Crippen molar-refractivity contribution < 1.29 is 14.7 Å². The molecular formula is C22H32N2O3. The summed E-state index contributed by atoms with van der Waals surface area (Å²) >= 11 is 0. The van der Waals surface area contributed by atoms with Crippen LogP contribution in [0.3, 0.4) is 0 Å². The molecule has 0 unspecified atom stereocenters. The van der Waals surface area contributed by atoms with E-state index in [1.54, 1.807) is 0 Å². The molecule has 2 aliphatic carbocycles. The summed E-state index contributed by atoms with van der Waals surface area (Å²) in [5.41, 5.74) is 0.414. The lowest BCUT2D eigenvalue weighted by Crippen LogP contribution is -2.54. The van der Waals surface area contributed by atoms with E-state index in [0.29, 0.717) is 12.5 Å². The minimum atomic E-state index is -0.887. The normalized spacial score (nSPS) is 20.8. The maximum Gasteiger partial charge on any atom is 0.244 e. The Bertz CT molecular complexity index is 620. The summed E-state index contributed by atoms with van der Waals surface area (Å²) in [6, 6.07) is 8.93. The molecule has 5 heteroatoms. The molecule has 2 aliphatic rings. The third-order valence-corrected chi connectivity index (χ3v) is 6.31. The molecule has 1 atom stereocenters. The maximum atomic E-state index is 13.1. The first-order valence-corrected chi connectivity index (χ1v) is 10.4. The largest absolute Gasteiger partial charge is 0.394 e. The van der Waals surface area contributed by atoms with E-state index in [0.717, 1.165) is 44.1 Å². The Morgan fingerprint density at radius 3 is 2.33 bits per heavy atom. The zero-order valence-corrected chi connectivity index (χ0v) is 16.1. The van der Waals surface area contributed by atoms with Gasteiger partial charge < -0.3 is 15.7 Å². The van der Waals surface area contributed by atoms with Crippen LogP contribution in [0, 0.1) is 5.92 Å². The summed E-state index contributed by atoms with van der Waals surface area (Å²) in [6.45, 7) is 0.252. The molecule has 2 amide bonds. The minimum absolute atomic E-state index is 0.141. The van der Waals surface area contributed by atoms with E-state index < -0.39 is 11.5 Å². The number of aliphatic hydroxyl groups is 1. The van der Waals surface area contributed by atoms with Gasteiger partial charge in [-0.05, 0) is 37.2 Å². The van der Waals surface area contributed by atoms with E-state index in [4.69, 9.17) is 0 Å². The molecule has 1 aromatic rings. The van der Waals surface area contributed by atoms with Crippen molar-refractivity contribution in [3.8, 4) is 0 Å². The summed E-state index contributed by atoms with van der Waals surface area (Å²) < 4.78 is 0. The third-order valence-electron chi connectivity index (χ3n) is 6.31. The molecule has 148 valence electrons. The first-order valence-electron chi connectivity index (χ1n) is 10.4. The quantitative estimate of drug-likeness (QED) is 0.688. The van der Waals surface area contributed by atoms with Gasteiger partial charge in [-0.1, -0.05) is 62.4 Å². The summed E-state index contributed by atoms with van der Waals surface area (Å²) in [5.74, 6) is 0.0962. The number of amides is 2. The number of aliphatic hydroxyl groups excluding tert-OH is 1. The van der Waals surface area contributed by atoms with Crippen LogP contribution in [0.15, 0.2) is 30.3 Å². The lowest BCUT2D eigenvalue weighted by molar-refractivity contribution is -0.133. The molecule has 0 aliphatic heterocycles. The molecule has 0 aromatic heterocycles. The van der Waals surface area contributed by atoms with Crippen LogP contribution < -0.4 is 10.6 Å². The van der Waals surface area contributed by atoms with Gasteiger partial charge in [-0.2, -0.15) is 0 Å². The van der Waals surface area contributed by atoms with Gasteiger partial charge in [-0.15, -0.1) is 0 Å². The van der Waals surface area contributed by atoms with Gasteiger partial charge in [0.2, 0.25) is 11.8 Å². The molecule has 2 saturated carbocycles. The second-order valence-electron chi connectivity index (χ2n) is 8.11. The lowest BCUT2D eigenvalue weighted by atomic mass is 9.78. The maximum absolute atomic E-state index is 13.1. The highest BCUT2D eigenvalue weighted by Gasteiger charge is 2.43. The van der Waals surface area contributed by atoms with Crippen molar-refractivity contribution in [2.75, 3.05) is 13.2 Å². The van der Waals surface area contributed by atoms with Gasteiger partial charge in [0.05, 0.1) is 12.0 Å². The first kappa shape index (κ1) is 19.9. The number of benzene rings is 1.